The van der Waals surface area contributed by atoms with Crippen LogP contribution in [0.1, 0.15) is 30.4 Å². The summed E-state index contributed by atoms with van der Waals surface area (Å²) >= 11 is 3.35. The number of aromatic nitrogens is 1. The van der Waals surface area contributed by atoms with Gasteiger partial charge >= 0.3 is 0 Å². The maximum atomic E-state index is 12.0. The first-order valence-electron chi connectivity index (χ1n) is 5.68. The molecule has 0 saturated carbocycles. The standard InChI is InChI=1S/C12H18BrN3O2/c1-8(2)16-7-9(13)5-10(16)12(18)14-6-11(17)15(3)4/h5,7-8H,6H2,1-4H3,(H,14,18). The van der Waals surface area contributed by atoms with Crippen molar-refractivity contribution in [3.8, 4) is 0 Å². The van der Waals surface area contributed by atoms with E-state index < -0.39 is 0 Å². The predicted molar refractivity (Wildman–Crippen MR) is 73.5 cm³/mol. The van der Waals surface area contributed by atoms with Crippen molar-refractivity contribution in [1.29, 1.82) is 0 Å². The highest BCUT2D eigenvalue weighted by atomic mass is 79.9. The molecule has 0 aliphatic carbocycles. The van der Waals surface area contributed by atoms with Crippen LogP contribution in [-0.4, -0.2) is 41.9 Å². The Morgan fingerprint density at radius 2 is 2.06 bits per heavy atom. The Morgan fingerprint density at radius 3 is 2.56 bits per heavy atom. The molecule has 2 amide bonds. The van der Waals surface area contributed by atoms with E-state index in [4.69, 9.17) is 0 Å². The molecule has 0 spiro atoms. The quantitative estimate of drug-likeness (QED) is 0.918. The third-order valence-electron chi connectivity index (χ3n) is 2.50. The van der Waals surface area contributed by atoms with Crippen LogP contribution in [-0.2, 0) is 4.79 Å². The van der Waals surface area contributed by atoms with Crippen molar-refractivity contribution in [1.82, 2.24) is 14.8 Å². The number of hydrogen-bond donors (Lipinski definition) is 1. The first kappa shape index (κ1) is 14.8. The molecule has 100 valence electrons. The summed E-state index contributed by atoms with van der Waals surface area (Å²) in [6.45, 7) is 4.00. The molecule has 0 aromatic carbocycles. The topological polar surface area (TPSA) is 54.3 Å². The van der Waals surface area contributed by atoms with Crippen molar-refractivity contribution in [2.75, 3.05) is 20.6 Å². The average Bonchev–Trinajstić information content (AvgIpc) is 2.67. The van der Waals surface area contributed by atoms with Crippen molar-refractivity contribution in [3.05, 3.63) is 22.4 Å². The Bertz CT molecular complexity index is 452. The van der Waals surface area contributed by atoms with Crippen molar-refractivity contribution >= 4 is 27.7 Å². The van der Waals surface area contributed by atoms with Crippen LogP contribution in [0.5, 0.6) is 0 Å². The van der Waals surface area contributed by atoms with Gasteiger partial charge in [-0.05, 0) is 35.8 Å². The minimum absolute atomic E-state index is 0.00667. The first-order chi connectivity index (χ1) is 8.32. The number of rotatable bonds is 4. The highest BCUT2D eigenvalue weighted by Gasteiger charge is 2.15. The van der Waals surface area contributed by atoms with E-state index in [1.165, 1.54) is 4.90 Å². The minimum atomic E-state index is -0.246. The summed E-state index contributed by atoms with van der Waals surface area (Å²) in [6, 6.07) is 1.93. The van der Waals surface area contributed by atoms with Crippen LogP contribution in [0.4, 0.5) is 0 Å². The molecule has 1 aromatic rings. The summed E-state index contributed by atoms with van der Waals surface area (Å²) in [6.07, 6.45) is 1.85. The molecular formula is C12H18BrN3O2. The molecular weight excluding hydrogens is 298 g/mol. The fourth-order valence-electron chi connectivity index (χ4n) is 1.46. The van der Waals surface area contributed by atoms with Gasteiger partial charge in [-0.3, -0.25) is 9.59 Å². The molecule has 1 rings (SSSR count). The number of nitrogens with zero attached hydrogens (tertiary/aromatic N) is 2. The summed E-state index contributed by atoms with van der Waals surface area (Å²) in [7, 11) is 3.31. The van der Waals surface area contributed by atoms with Gasteiger partial charge in [0.25, 0.3) is 5.91 Å². The van der Waals surface area contributed by atoms with Crippen molar-refractivity contribution in [2.24, 2.45) is 0 Å². The lowest BCUT2D eigenvalue weighted by Crippen LogP contribution is -2.37. The van der Waals surface area contributed by atoms with E-state index in [-0.39, 0.29) is 24.4 Å². The Morgan fingerprint density at radius 1 is 1.44 bits per heavy atom. The molecule has 0 bridgehead atoms. The minimum Gasteiger partial charge on any atom is -0.347 e. The molecule has 1 N–H and O–H groups in total. The highest BCUT2D eigenvalue weighted by Crippen LogP contribution is 2.19. The molecule has 0 fully saturated rings. The number of hydrogen-bond acceptors (Lipinski definition) is 2. The summed E-state index contributed by atoms with van der Waals surface area (Å²) in [5, 5.41) is 2.62. The van der Waals surface area contributed by atoms with Crippen molar-refractivity contribution in [2.45, 2.75) is 19.9 Å². The van der Waals surface area contributed by atoms with Gasteiger partial charge in [0.2, 0.25) is 5.91 Å². The Hall–Kier alpha value is -1.30. The predicted octanol–water partition coefficient (Wildman–Crippen LogP) is 1.65. The van der Waals surface area contributed by atoms with Crippen LogP contribution in [0.15, 0.2) is 16.7 Å². The van der Waals surface area contributed by atoms with Crippen LogP contribution in [0.25, 0.3) is 0 Å². The molecule has 0 unspecified atom stereocenters. The van der Waals surface area contributed by atoms with Gasteiger partial charge in [0.15, 0.2) is 0 Å². The first-order valence-corrected chi connectivity index (χ1v) is 6.48. The smallest absolute Gasteiger partial charge is 0.268 e. The van der Waals surface area contributed by atoms with Gasteiger partial charge in [-0.25, -0.2) is 0 Å². The molecule has 0 atom stereocenters. The highest BCUT2D eigenvalue weighted by molar-refractivity contribution is 9.10. The number of nitrogens with one attached hydrogen (secondary N) is 1. The fraction of sp³-hybridized carbons (Fsp3) is 0.500. The zero-order valence-corrected chi connectivity index (χ0v) is 12.6. The lowest BCUT2D eigenvalue weighted by atomic mass is 10.3. The number of amides is 2. The van der Waals surface area contributed by atoms with E-state index in [9.17, 15) is 9.59 Å². The van der Waals surface area contributed by atoms with Crippen molar-refractivity contribution < 1.29 is 9.59 Å². The zero-order chi connectivity index (χ0) is 13.9. The third-order valence-corrected chi connectivity index (χ3v) is 2.94. The summed E-state index contributed by atoms with van der Waals surface area (Å²) in [5.41, 5.74) is 0.545. The van der Waals surface area contributed by atoms with Crippen LogP contribution in [0.3, 0.4) is 0 Å². The second kappa shape index (κ2) is 6.04. The fourth-order valence-corrected chi connectivity index (χ4v) is 1.90. The van der Waals surface area contributed by atoms with Crippen molar-refractivity contribution in [3.63, 3.8) is 0 Å². The van der Waals surface area contributed by atoms with E-state index in [0.29, 0.717) is 5.69 Å². The van der Waals surface area contributed by atoms with E-state index in [1.54, 1.807) is 20.2 Å². The second-order valence-corrected chi connectivity index (χ2v) is 5.43. The maximum absolute atomic E-state index is 12.0. The third kappa shape index (κ3) is 3.60. The molecule has 0 aliphatic rings. The maximum Gasteiger partial charge on any atom is 0.268 e. The van der Waals surface area contributed by atoms with E-state index >= 15 is 0 Å². The summed E-state index contributed by atoms with van der Waals surface area (Å²) in [5.74, 6) is -0.380. The van der Waals surface area contributed by atoms with Crippen LogP contribution >= 0.6 is 15.9 Å². The molecule has 6 heteroatoms. The molecule has 0 aliphatic heterocycles. The monoisotopic (exact) mass is 315 g/mol. The lowest BCUT2D eigenvalue weighted by molar-refractivity contribution is -0.127. The van der Waals surface area contributed by atoms with Gasteiger partial charge in [-0.2, -0.15) is 0 Å². The molecule has 0 saturated heterocycles. The summed E-state index contributed by atoms with van der Waals surface area (Å²) in [4.78, 5) is 24.8. The lowest BCUT2D eigenvalue weighted by Gasteiger charge is -2.14. The average molecular weight is 316 g/mol. The van der Waals surface area contributed by atoms with E-state index in [1.807, 2.05) is 24.6 Å². The normalized spacial score (nSPS) is 10.6. The Labute approximate surface area is 115 Å². The number of carbonyl (C=O) groups is 2. The molecule has 18 heavy (non-hydrogen) atoms. The van der Waals surface area contributed by atoms with E-state index in [2.05, 4.69) is 21.2 Å². The Kier molecular flexibility index (Phi) is 4.95. The zero-order valence-electron chi connectivity index (χ0n) is 11.0. The SMILES string of the molecule is CC(C)n1cc(Br)cc1C(=O)NCC(=O)N(C)C. The van der Waals surface area contributed by atoms with Gasteiger partial charge in [-0.1, -0.05) is 0 Å². The van der Waals surface area contributed by atoms with Crippen LogP contribution < -0.4 is 5.32 Å². The molecule has 5 nitrogen and oxygen atoms in total. The van der Waals surface area contributed by atoms with Gasteiger partial charge in [0.1, 0.15) is 5.69 Å². The largest absolute Gasteiger partial charge is 0.347 e. The van der Waals surface area contributed by atoms with Gasteiger partial charge in [-0.15, -0.1) is 0 Å². The molecule has 1 aromatic heterocycles. The van der Waals surface area contributed by atoms with Crippen LogP contribution in [0, 0.1) is 0 Å². The molecule has 1 heterocycles. The summed E-state index contributed by atoms with van der Waals surface area (Å²) < 4.78 is 2.71. The number of halogens is 1. The molecule has 0 radical (unpaired) electrons. The number of carbonyl (C=O) groups excluding carboxylic acids is 2. The van der Waals surface area contributed by atoms with Gasteiger partial charge < -0.3 is 14.8 Å². The van der Waals surface area contributed by atoms with E-state index in [0.717, 1.165) is 4.47 Å². The van der Waals surface area contributed by atoms with Gasteiger partial charge in [0.05, 0.1) is 6.54 Å². The Balaban J connectivity index is 2.75. The van der Waals surface area contributed by atoms with Gasteiger partial charge in [0, 0.05) is 30.8 Å². The number of likely N-dealkylation sites (N-methyl/N-ethyl adjacent to an activating group) is 1. The van der Waals surface area contributed by atoms with Crippen LogP contribution in [0.2, 0.25) is 0 Å². The second-order valence-electron chi connectivity index (χ2n) is 4.52.